The molecule has 1 heterocycles. The summed E-state index contributed by atoms with van der Waals surface area (Å²) >= 11 is 6.10. The van der Waals surface area contributed by atoms with Gasteiger partial charge in [-0.2, -0.15) is 4.39 Å². The van der Waals surface area contributed by atoms with Crippen molar-refractivity contribution in [3.05, 3.63) is 71.4 Å². The highest BCUT2D eigenvalue weighted by atomic mass is 79.9. The number of anilines is 1. The first-order chi connectivity index (χ1) is 13.6. The lowest BCUT2D eigenvalue weighted by Gasteiger charge is -2.24. The van der Waals surface area contributed by atoms with Crippen molar-refractivity contribution in [2.24, 2.45) is 0 Å². The highest BCUT2D eigenvalue weighted by Gasteiger charge is 2.35. The van der Waals surface area contributed by atoms with Crippen LogP contribution >= 0.6 is 31.9 Å². The van der Waals surface area contributed by atoms with E-state index in [9.17, 15) is 29.4 Å². The highest BCUT2D eigenvalue weighted by Crippen LogP contribution is 2.39. The molecule has 3 rings (SSSR count). The Hall–Kier alpha value is -2.60. The Morgan fingerprint density at radius 3 is 2.14 bits per heavy atom. The molecule has 0 spiro atoms. The fraction of sp³-hybridized carbons (Fsp3) is 0.235. The van der Waals surface area contributed by atoms with Crippen LogP contribution in [0.15, 0.2) is 45.3 Å². The van der Waals surface area contributed by atoms with Gasteiger partial charge >= 0.3 is 11.7 Å². The minimum absolute atomic E-state index is 0.0717. The van der Waals surface area contributed by atoms with Crippen LogP contribution in [0.1, 0.15) is 12.8 Å². The number of nitro groups is 2. The molecule has 0 radical (unpaired) electrons. The first kappa shape index (κ1) is 22.7. The number of nitrogens with zero attached hydrogens (tertiary/aromatic N) is 3. The van der Waals surface area contributed by atoms with Crippen LogP contribution in [0.4, 0.5) is 21.5 Å². The quantitative estimate of drug-likeness (QED) is 0.436. The number of halogens is 3. The predicted octanol–water partition coefficient (Wildman–Crippen LogP) is 4.91. The van der Waals surface area contributed by atoms with Crippen molar-refractivity contribution in [3.8, 4) is 0 Å². The molecule has 0 aliphatic carbocycles. The zero-order valence-corrected chi connectivity index (χ0v) is 17.8. The van der Waals surface area contributed by atoms with E-state index >= 15 is 0 Å². The third-order valence-corrected chi connectivity index (χ3v) is 5.37. The summed E-state index contributed by atoms with van der Waals surface area (Å²) in [5, 5.41) is 30.3. The molecule has 1 atom stereocenters. The molecule has 154 valence electrons. The maximum Gasteiger partial charge on any atom is 0.326 e. The van der Waals surface area contributed by atoms with Crippen molar-refractivity contribution < 1.29 is 24.1 Å². The summed E-state index contributed by atoms with van der Waals surface area (Å²) in [6, 6.07) is 7.87. The monoisotopic (exact) mass is 533 g/mol. The van der Waals surface area contributed by atoms with Crippen molar-refractivity contribution in [2.45, 2.75) is 18.9 Å². The number of hydrogen-bond acceptors (Lipinski definition) is 6. The Balaban J connectivity index is 0.000000234. The molecule has 2 aromatic rings. The molecule has 1 saturated heterocycles. The van der Waals surface area contributed by atoms with Gasteiger partial charge in [-0.05, 0) is 56.8 Å². The van der Waals surface area contributed by atoms with Crippen LogP contribution in [0.5, 0.6) is 0 Å². The van der Waals surface area contributed by atoms with Crippen LogP contribution < -0.4 is 4.90 Å². The number of benzene rings is 2. The van der Waals surface area contributed by atoms with E-state index in [1.807, 2.05) is 0 Å². The van der Waals surface area contributed by atoms with E-state index in [-0.39, 0.29) is 10.2 Å². The second-order valence-corrected chi connectivity index (χ2v) is 7.59. The summed E-state index contributed by atoms with van der Waals surface area (Å²) in [7, 11) is 0. The lowest BCUT2D eigenvalue weighted by atomic mass is 10.2. The van der Waals surface area contributed by atoms with Crippen molar-refractivity contribution in [3.63, 3.8) is 0 Å². The molecule has 0 bridgehead atoms. The van der Waals surface area contributed by atoms with E-state index in [1.165, 1.54) is 18.2 Å². The van der Waals surface area contributed by atoms with Crippen molar-refractivity contribution >= 4 is 54.9 Å². The molecule has 12 heteroatoms. The van der Waals surface area contributed by atoms with Gasteiger partial charge in [0, 0.05) is 23.2 Å². The SMILES string of the molecule is O=C(O)C1CCCN1c1c(Br)cccc1[N+](=O)[O-].O=[N+]([O-])c1cccc(Br)c1F. The summed E-state index contributed by atoms with van der Waals surface area (Å²) in [4.78, 5) is 32.6. The molecule has 0 aromatic heterocycles. The number of carbonyl (C=O) groups is 1. The second-order valence-electron chi connectivity index (χ2n) is 5.88. The van der Waals surface area contributed by atoms with Crippen molar-refractivity contribution in [2.75, 3.05) is 11.4 Å². The molecule has 0 amide bonds. The van der Waals surface area contributed by atoms with E-state index in [0.717, 1.165) is 12.5 Å². The van der Waals surface area contributed by atoms with Crippen LogP contribution in [-0.4, -0.2) is 33.5 Å². The Kier molecular flexibility index (Phi) is 7.62. The number of carboxylic acids is 1. The Bertz CT molecular complexity index is 959. The molecule has 0 saturated carbocycles. The molecule has 9 nitrogen and oxygen atoms in total. The van der Waals surface area contributed by atoms with Gasteiger partial charge in [0.05, 0.1) is 14.3 Å². The lowest BCUT2D eigenvalue weighted by molar-refractivity contribution is -0.387. The number of aliphatic carboxylic acids is 1. The van der Waals surface area contributed by atoms with Crippen molar-refractivity contribution in [1.82, 2.24) is 0 Å². The number of para-hydroxylation sites is 1. The van der Waals surface area contributed by atoms with Crippen LogP contribution in [0.25, 0.3) is 0 Å². The Morgan fingerprint density at radius 2 is 1.62 bits per heavy atom. The second kappa shape index (κ2) is 9.74. The lowest BCUT2D eigenvalue weighted by Crippen LogP contribution is -2.36. The predicted molar refractivity (Wildman–Crippen MR) is 110 cm³/mol. The normalized spacial score (nSPS) is 15.4. The van der Waals surface area contributed by atoms with Gasteiger partial charge in [-0.1, -0.05) is 12.1 Å². The molecule has 1 fully saturated rings. The van der Waals surface area contributed by atoms with Crippen molar-refractivity contribution in [1.29, 1.82) is 0 Å². The maximum absolute atomic E-state index is 12.8. The summed E-state index contributed by atoms with van der Waals surface area (Å²) in [5.41, 5.74) is -0.232. The smallest absolute Gasteiger partial charge is 0.326 e. The number of carboxylic acid groups (broad SMARTS) is 1. The Morgan fingerprint density at radius 1 is 1.07 bits per heavy atom. The first-order valence-electron chi connectivity index (χ1n) is 8.16. The van der Waals surface area contributed by atoms with E-state index in [2.05, 4.69) is 31.9 Å². The summed E-state index contributed by atoms with van der Waals surface area (Å²) < 4.78 is 13.4. The van der Waals surface area contributed by atoms with Gasteiger partial charge in [-0.25, -0.2) is 4.79 Å². The summed E-state index contributed by atoms with van der Waals surface area (Å²) in [6.45, 7) is 0.514. The van der Waals surface area contributed by atoms with E-state index in [0.29, 0.717) is 23.1 Å². The van der Waals surface area contributed by atoms with Crippen LogP contribution in [0.2, 0.25) is 0 Å². The third kappa shape index (κ3) is 5.26. The minimum atomic E-state index is -0.947. The summed E-state index contributed by atoms with van der Waals surface area (Å²) in [5.74, 6) is -1.78. The topological polar surface area (TPSA) is 127 Å². The van der Waals surface area contributed by atoms with Crippen LogP contribution in [-0.2, 0) is 4.79 Å². The average molecular weight is 535 g/mol. The van der Waals surface area contributed by atoms with Crippen LogP contribution in [0.3, 0.4) is 0 Å². The van der Waals surface area contributed by atoms with Gasteiger partial charge in [0.25, 0.3) is 5.69 Å². The van der Waals surface area contributed by atoms with E-state index in [1.54, 1.807) is 17.0 Å². The van der Waals surface area contributed by atoms with Gasteiger partial charge in [-0.15, -0.1) is 0 Å². The number of nitro benzene ring substituents is 2. The van der Waals surface area contributed by atoms with E-state index in [4.69, 9.17) is 5.11 Å². The molecular weight excluding hydrogens is 521 g/mol. The van der Waals surface area contributed by atoms with Gasteiger partial charge in [-0.3, -0.25) is 20.2 Å². The summed E-state index contributed by atoms with van der Waals surface area (Å²) in [6.07, 6.45) is 1.23. The van der Waals surface area contributed by atoms with E-state index < -0.39 is 33.4 Å². The maximum atomic E-state index is 12.8. The fourth-order valence-electron chi connectivity index (χ4n) is 2.86. The minimum Gasteiger partial charge on any atom is -0.480 e. The molecule has 2 aromatic carbocycles. The molecule has 1 unspecified atom stereocenters. The van der Waals surface area contributed by atoms with Gasteiger partial charge in [0.1, 0.15) is 11.7 Å². The standard InChI is InChI=1S/C11H11BrN2O4.C6H3BrFNO2/c12-7-3-1-4-8(14(17)18)10(7)13-6-2-5-9(13)11(15)16;7-4-2-1-3-5(6(4)8)9(10)11/h1,3-4,9H,2,5-6H2,(H,15,16);1-3H. The molecular formula is C17H14Br2FN3O6. The highest BCUT2D eigenvalue weighted by molar-refractivity contribution is 9.10. The zero-order valence-electron chi connectivity index (χ0n) is 14.6. The average Bonchev–Trinajstić information content (AvgIpc) is 3.13. The van der Waals surface area contributed by atoms with Gasteiger partial charge in [0.15, 0.2) is 0 Å². The Labute approximate surface area is 180 Å². The molecule has 1 N–H and O–H groups in total. The molecule has 29 heavy (non-hydrogen) atoms. The first-order valence-corrected chi connectivity index (χ1v) is 9.74. The van der Waals surface area contributed by atoms with Crippen LogP contribution in [0, 0.1) is 26.0 Å². The van der Waals surface area contributed by atoms with Gasteiger partial charge < -0.3 is 10.0 Å². The number of rotatable bonds is 4. The van der Waals surface area contributed by atoms with Gasteiger partial charge in [0.2, 0.25) is 5.82 Å². The zero-order chi connectivity index (χ0) is 21.7. The third-order valence-electron chi connectivity index (χ3n) is 4.12. The number of hydrogen-bond donors (Lipinski definition) is 1. The molecule has 1 aliphatic rings. The molecule has 1 aliphatic heterocycles. The fourth-order valence-corrected chi connectivity index (χ4v) is 3.80. The largest absolute Gasteiger partial charge is 0.480 e.